The molecule has 1 amide bonds. The Morgan fingerprint density at radius 3 is 2.72 bits per heavy atom. The lowest BCUT2D eigenvalue weighted by molar-refractivity contribution is 0.102. The number of anilines is 3. The monoisotopic (exact) mass is 392 g/mol. The Kier molecular flexibility index (Phi) is 5.07. The number of carbonyl (C=O) groups is 1. The van der Waals surface area contributed by atoms with E-state index in [-0.39, 0.29) is 5.91 Å². The van der Waals surface area contributed by atoms with Gasteiger partial charge < -0.3 is 10.6 Å². The van der Waals surface area contributed by atoms with Crippen molar-refractivity contribution in [2.45, 2.75) is 0 Å². The molecule has 5 nitrogen and oxygen atoms in total. The number of nitrogens with one attached hydrogen (secondary N) is 2. The van der Waals surface area contributed by atoms with E-state index in [2.05, 4.69) is 31.5 Å². The van der Waals surface area contributed by atoms with Crippen LogP contribution in [0.4, 0.5) is 17.2 Å². The second-order valence-corrected chi connectivity index (χ2v) is 6.04. The van der Waals surface area contributed by atoms with Crippen LogP contribution in [0.2, 0.25) is 0 Å². The molecule has 0 saturated carbocycles. The van der Waals surface area contributed by atoms with E-state index in [1.54, 1.807) is 42.6 Å². The molecule has 122 valence electrons. The van der Waals surface area contributed by atoms with E-state index >= 15 is 0 Å². The summed E-state index contributed by atoms with van der Waals surface area (Å²) in [5.74, 6) is 0.290. The summed E-state index contributed by atoms with van der Waals surface area (Å²) in [6.45, 7) is 0. The third-order valence-corrected chi connectivity index (χ3v) is 4.10. The molecule has 0 spiro atoms. The zero-order chi connectivity index (χ0) is 17.6. The van der Waals surface area contributed by atoms with E-state index < -0.39 is 0 Å². The van der Waals surface area contributed by atoms with Gasteiger partial charge in [0.05, 0.1) is 17.3 Å². The number of nitriles is 1. The molecule has 1 heterocycles. The second-order valence-electron chi connectivity index (χ2n) is 5.18. The molecular formula is C19H13BrN4O. The Balaban J connectivity index is 1.77. The number of halogens is 1. The fourth-order valence-electron chi connectivity index (χ4n) is 2.21. The lowest BCUT2D eigenvalue weighted by Gasteiger charge is -2.09. The number of amides is 1. The van der Waals surface area contributed by atoms with Crippen molar-refractivity contribution in [3.63, 3.8) is 0 Å². The Morgan fingerprint density at radius 1 is 1.08 bits per heavy atom. The highest BCUT2D eigenvalue weighted by atomic mass is 79.9. The predicted octanol–water partition coefficient (Wildman–Crippen LogP) is 4.71. The van der Waals surface area contributed by atoms with Crippen molar-refractivity contribution >= 4 is 39.0 Å². The average Bonchev–Trinajstić information content (AvgIpc) is 2.64. The number of nitrogens with zero attached hydrogens (tertiary/aromatic N) is 2. The number of carbonyl (C=O) groups excluding carboxylic acids is 1. The number of hydrogen-bond donors (Lipinski definition) is 2. The number of rotatable bonds is 4. The smallest absolute Gasteiger partial charge is 0.255 e. The molecule has 0 aliphatic rings. The topological polar surface area (TPSA) is 77.8 Å². The van der Waals surface area contributed by atoms with Crippen LogP contribution >= 0.6 is 15.9 Å². The zero-order valence-corrected chi connectivity index (χ0v) is 14.6. The van der Waals surface area contributed by atoms with Gasteiger partial charge in [0.2, 0.25) is 0 Å². The molecule has 0 atom stereocenters. The van der Waals surface area contributed by atoms with Crippen LogP contribution in [0, 0.1) is 11.3 Å². The van der Waals surface area contributed by atoms with Crippen LogP contribution in [0.25, 0.3) is 0 Å². The van der Waals surface area contributed by atoms with Crippen LogP contribution in [0.15, 0.2) is 71.3 Å². The number of aromatic nitrogens is 1. The Morgan fingerprint density at radius 2 is 1.92 bits per heavy atom. The third kappa shape index (κ3) is 4.22. The van der Waals surface area contributed by atoms with Crippen molar-refractivity contribution < 1.29 is 4.79 Å². The van der Waals surface area contributed by atoms with Crippen LogP contribution in [-0.2, 0) is 0 Å². The molecule has 6 heteroatoms. The first-order valence-corrected chi connectivity index (χ1v) is 8.24. The lowest BCUT2D eigenvalue weighted by atomic mass is 10.2. The summed E-state index contributed by atoms with van der Waals surface area (Å²) in [6.07, 6.45) is 1.57. The summed E-state index contributed by atoms with van der Waals surface area (Å²) in [4.78, 5) is 16.7. The molecular weight excluding hydrogens is 380 g/mol. The van der Waals surface area contributed by atoms with Crippen molar-refractivity contribution in [1.29, 1.82) is 5.26 Å². The Hall–Kier alpha value is -3.17. The predicted molar refractivity (Wildman–Crippen MR) is 101 cm³/mol. The molecule has 3 aromatic rings. The highest BCUT2D eigenvalue weighted by molar-refractivity contribution is 9.10. The van der Waals surface area contributed by atoms with Crippen LogP contribution in [-0.4, -0.2) is 10.9 Å². The number of benzene rings is 2. The molecule has 0 fully saturated rings. The minimum atomic E-state index is -0.271. The van der Waals surface area contributed by atoms with Crippen molar-refractivity contribution in [2.24, 2.45) is 0 Å². The molecule has 2 aromatic carbocycles. The van der Waals surface area contributed by atoms with Crippen LogP contribution in [0.3, 0.4) is 0 Å². The van der Waals surface area contributed by atoms with Gasteiger partial charge in [0, 0.05) is 21.9 Å². The molecule has 0 aliphatic heterocycles. The van der Waals surface area contributed by atoms with Crippen molar-refractivity contribution in [2.75, 3.05) is 10.6 Å². The van der Waals surface area contributed by atoms with E-state index in [1.165, 1.54) is 0 Å². The minimum Gasteiger partial charge on any atom is -0.339 e. The van der Waals surface area contributed by atoms with E-state index in [0.717, 1.165) is 10.2 Å². The third-order valence-electron chi connectivity index (χ3n) is 3.41. The molecule has 0 bridgehead atoms. The quantitative estimate of drug-likeness (QED) is 0.673. The van der Waals surface area contributed by atoms with Gasteiger partial charge in [-0.05, 0) is 58.4 Å². The minimum absolute atomic E-state index is 0.271. The summed E-state index contributed by atoms with van der Waals surface area (Å²) in [6, 6.07) is 19.8. The zero-order valence-electron chi connectivity index (χ0n) is 13.0. The van der Waals surface area contributed by atoms with Gasteiger partial charge >= 0.3 is 0 Å². The average molecular weight is 393 g/mol. The largest absolute Gasteiger partial charge is 0.339 e. The number of pyridine rings is 1. The molecule has 0 saturated heterocycles. The maximum atomic E-state index is 12.4. The van der Waals surface area contributed by atoms with Crippen molar-refractivity contribution in [3.8, 4) is 6.07 Å². The van der Waals surface area contributed by atoms with Gasteiger partial charge in [0.15, 0.2) is 0 Å². The summed E-state index contributed by atoms with van der Waals surface area (Å²) in [5.41, 5.74) is 2.38. The van der Waals surface area contributed by atoms with Crippen molar-refractivity contribution in [1.82, 2.24) is 4.98 Å². The fourth-order valence-corrected chi connectivity index (χ4v) is 2.59. The molecule has 0 aliphatic carbocycles. The van der Waals surface area contributed by atoms with Gasteiger partial charge in [0.1, 0.15) is 5.82 Å². The Bertz CT molecular complexity index is 965. The van der Waals surface area contributed by atoms with E-state index in [9.17, 15) is 4.79 Å². The first kappa shape index (κ1) is 16.7. The first-order valence-electron chi connectivity index (χ1n) is 7.45. The maximum absolute atomic E-state index is 12.4. The standard InChI is InChI=1S/C19H13BrN4O/c20-16-6-1-2-7-17(16)24-18-11-14(8-9-22-18)19(25)23-15-5-3-4-13(10-15)12-21/h1-11H,(H,22,24)(H,23,25). The molecule has 0 radical (unpaired) electrons. The highest BCUT2D eigenvalue weighted by Crippen LogP contribution is 2.24. The molecule has 3 rings (SSSR count). The maximum Gasteiger partial charge on any atom is 0.255 e. The van der Waals surface area contributed by atoms with Gasteiger partial charge in [-0.2, -0.15) is 5.26 Å². The van der Waals surface area contributed by atoms with Crippen LogP contribution < -0.4 is 10.6 Å². The van der Waals surface area contributed by atoms with Gasteiger partial charge in [-0.3, -0.25) is 4.79 Å². The fraction of sp³-hybridized carbons (Fsp3) is 0. The normalized spacial score (nSPS) is 9.92. The molecule has 2 N–H and O–H groups in total. The van der Waals surface area contributed by atoms with Crippen molar-refractivity contribution in [3.05, 3.63) is 82.5 Å². The summed E-state index contributed by atoms with van der Waals surface area (Å²) < 4.78 is 0.903. The van der Waals surface area contributed by atoms with Gasteiger partial charge in [-0.25, -0.2) is 4.98 Å². The molecule has 0 unspecified atom stereocenters. The van der Waals surface area contributed by atoms with Crippen LogP contribution in [0.5, 0.6) is 0 Å². The van der Waals surface area contributed by atoms with E-state index in [0.29, 0.717) is 22.6 Å². The van der Waals surface area contributed by atoms with Gasteiger partial charge in [-0.1, -0.05) is 18.2 Å². The summed E-state index contributed by atoms with van der Waals surface area (Å²) >= 11 is 3.46. The number of hydrogen-bond acceptors (Lipinski definition) is 4. The van der Waals surface area contributed by atoms with E-state index in [1.807, 2.05) is 30.3 Å². The SMILES string of the molecule is N#Cc1cccc(NC(=O)c2ccnc(Nc3ccccc3Br)c2)c1. The number of para-hydroxylation sites is 1. The Labute approximate surface area is 153 Å². The first-order chi connectivity index (χ1) is 12.2. The second kappa shape index (κ2) is 7.60. The molecule has 1 aromatic heterocycles. The van der Waals surface area contributed by atoms with Gasteiger partial charge in [-0.15, -0.1) is 0 Å². The summed E-state index contributed by atoms with van der Waals surface area (Å²) in [5, 5.41) is 14.9. The summed E-state index contributed by atoms with van der Waals surface area (Å²) in [7, 11) is 0. The van der Waals surface area contributed by atoms with E-state index in [4.69, 9.17) is 5.26 Å². The van der Waals surface area contributed by atoms with Crippen LogP contribution in [0.1, 0.15) is 15.9 Å². The molecule has 25 heavy (non-hydrogen) atoms. The highest BCUT2D eigenvalue weighted by Gasteiger charge is 2.09. The van der Waals surface area contributed by atoms with Gasteiger partial charge in [0.25, 0.3) is 5.91 Å². The lowest BCUT2D eigenvalue weighted by Crippen LogP contribution is -2.12.